The second kappa shape index (κ2) is 5.34. The molecular weight excluding hydrogens is 298 g/mol. The standard InChI is InChI=1S/C11H14BrN5O/c1-3-17-7-9(12)10(15-17)11(18)13-6-8-4-5-14-16(8)2/h4-5,7H,3,6H2,1-2H3,(H,13,18). The Hall–Kier alpha value is -1.63. The molecule has 0 aliphatic carbocycles. The molecule has 2 aromatic heterocycles. The summed E-state index contributed by atoms with van der Waals surface area (Å²) >= 11 is 3.33. The number of nitrogens with zero attached hydrogens (tertiary/aromatic N) is 4. The van der Waals surface area contributed by atoms with Gasteiger partial charge in [0.25, 0.3) is 5.91 Å². The summed E-state index contributed by atoms with van der Waals surface area (Å²) in [5, 5.41) is 11.0. The van der Waals surface area contributed by atoms with Gasteiger partial charge in [-0.1, -0.05) is 0 Å². The molecule has 0 saturated carbocycles. The summed E-state index contributed by atoms with van der Waals surface area (Å²) in [6, 6.07) is 1.86. The van der Waals surface area contributed by atoms with Crippen molar-refractivity contribution in [3.8, 4) is 0 Å². The molecular formula is C11H14BrN5O. The molecule has 0 bridgehead atoms. The van der Waals surface area contributed by atoms with E-state index in [2.05, 4.69) is 31.4 Å². The lowest BCUT2D eigenvalue weighted by Gasteiger charge is -2.04. The van der Waals surface area contributed by atoms with Crippen LogP contribution in [-0.4, -0.2) is 25.5 Å². The summed E-state index contributed by atoms with van der Waals surface area (Å²) in [6.45, 7) is 3.13. The predicted molar refractivity (Wildman–Crippen MR) is 70.0 cm³/mol. The summed E-state index contributed by atoms with van der Waals surface area (Å²) in [4.78, 5) is 12.0. The van der Waals surface area contributed by atoms with E-state index in [-0.39, 0.29) is 5.91 Å². The molecule has 0 aliphatic rings. The Bertz CT molecular complexity index is 560. The summed E-state index contributed by atoms with van der Waals surface area (Å²) < 4.78 is 4.13. The third kappa shape index (κ3) is 2.61. The third-order valence-corrected chi connectivity index (χ3v) is 3.19. The van der Waals surface area contributed by atoms with Gasteiger partial charge in [-0.25, -0.2) is 0 Å². The molecule has 2 heterocycles. The molecule has 0 aromatic carbocycles. The fourth-order valence-electron chi connectivity index (χ4n) is 1.54. The Morgan fingerprint density at radius 3 is 2.89 bits per heavy atom. The van der Waals surface area contributed by atoms with Gasteiger partial charge in [0.2, 0.25) is 0 Å². The van der Waals surface area contributed by atoms with Gasteiger partial charge in [-0.05, 0) is 28.9 Å². The maximum atomic E-state index is 12.0. The Kier molecular flexibility index (Phi) is 3.81. The predicted octanol–water partition coefficient (Wildman–Crippen LogP) is 1.33. The van der Waals surface area contributed by atoms with Gasteiger partial charge in [0.15, 0.2) is 5.69 Å². The Morgan fingerprint density at radius 2 is 2.33 bits per heavy atom. The van der Waals surface area contributed by atoms with E-state index < -0.39 is 0 Å². The SMILES string of the molecule is CCn1cc(Br)c(C(=O)NCc2ccnn2C)n1. The zero-order valence-corrected chi connectivity index (χ0v) is 11.8. The van der Waals surface area contributed by atoms with Gasteiger partial charge in [0.1, 0.15) is 0 Å². The highest BCUT2D eigenvalue weighted by molar-refractivity contribution is 9.10. The van der Waals surface area contributed by atoms with Gasteiger partial charge in [0, 0.05) is 26.0 Å². The molecule has 0 fully saturated rings. The molecule has 0 unspecified atom stereocenters. The second-order valence-electron chi connectivity index (χ2n) is 3.81. The lowest BCUT2D eigenvalue weighted by Crippen LogP contribution is -2.25. The highest BCUT2D eigenvalue weighted by Crippen LogP contribution is 2.14. The zero-order chi connectivity index (χ0) is 13.1. The number of rotatable bonds is 4. The number of hydrogen-bond donors (Lipinski definition) is 1. The van der Waals surface area contributed by atoms with Crippen LogP contribution in [0, 0.1) is 0 Å². The molecule has 2 aromatic rings. The summed E-state index contributed by atoms with van der Waals surface area (Å²) in [7, 11) is 1.84. The average Bonchev–Trinajstić information content (AvgIpc) is 2.92. The highest BCUT2D eigenvalue weighted by atomic mass is 79.9. The van der Waals surface area contributed by atoms with Crippen LogP contribution in [0.1, 0.15) is 23.1 Å². The normalized spacial score (nSPS) is 10.6. The summed E-state index contributed by atoms with van der Waals surface area (Å²) in [6.07, 6.45) is 3.49. The lowest BCUT2D eigenvalue weighted by atomic mass is 10.3. The van der Waals surface area contributed by atoms with E-state index in [0.717, 1.165) is 12.2 Å². The molecule has 0 radical (unpaired) electrons. The van der Waals surface area contributed by atoms with Crippen LogP contribution in [0.15, 0.2) is 22.9 Å². The minimum atomic E-state index is -0.199. The van der Waals surface area contributed by atoms with Gasteiger partial charge < -0.3 is 5.32 Å². The Balaban J connectivity index is 2.03. The van der Waals surface area contributed by atoms with Crippen molar-refractivity contribution in [1.29, 1.82) is 0 Å². The first-order valence-corrected chi connectivity index (χ1v) is 6.39. The number of hydrogen-bond acceptors (Lipinski definition) is 3. The van der Waals surface area contributed by atoms with Crippen LogP contribution < -0.4 is 5.32 Å². The van der Waals surface area contributed by atoms with Crippen molar-refractivity contribution in [2.24, 2.45) is 7.05 Å². The van der Waals surface area contributed by atoms with Crippen LogP contribution in [-0.2, 0) is 20.1 Å². The van der Waals surface area contributed by atoms with Crippen molar-refractivity contribution in [1.82, 2.24) is 24.9 Å². The molecule has 1 N–H and O–H groups in total. The van der Waals surface area contributed by atoms with E-state index in [1.54, 1.807) is 21.8 Å². The number of halogens is 1. The highest BCUT2D eigenvalue weighted by Gasteiger charge is 2.14. The van der Waals surface area contributed by atoms with Gasteiger partial charge >= 0.3 is 0 Å². The Morgan fingerprint density at radius 1 is 1.56 bits per heavy atom. The third-order valence-electron chi connectivity index (χ3n) is 2.61. The first-order chi connectivity index (χ1) is 8.61. The molecule has 2 rings (SSSR count). The van der Waals surface area contributed by atoms with Gasteiger partial charge in [-0.15, -0.1) is 0 Å². The maximum Gasteiger partial charge on any atom is 0.273 e. The molecule has 0 atom stereocenters. The van der Waals surface area contributed by atoms with E-state index in [4.69, 9.17) is 0 Å². The van der Waals surface area contributed by atoms with Crippen molar-refractivity contribution in [2.75, 3.05) is 0 Å². The average molecular weight is 312 g/mol. The largest absolute Gasteiger partial charge is 0.345 e. The smallest absolute Gasteiger partial charge is 0.273 e. The fraction of sp³-hybridized carbons (Fsp3) is 0.364. The molecule has 18 heavy (non-hydrogen) atoms. The van der Waals surface area contributed by atoms with Crippen LogP contribution >= 0.6 is 15.9 Å². The van der Waals surface area contributed by atoms with Crippen molar-refractivity contribution in [3.05, 3.63) is 34.3 Å². The number of carbonyl (C=O) groups excluding carboxylic acids is 1. The molecule has 1 amide bonds. The van der Waals surface area contributed by atoms with E-state index >= 15 is 0 Å². The number of amides is 1. The fourth-order valence-corrected chi connectivity index (χ4v) is 2.04. The minimum Gasteiger partial charge on any atom is -0.345 e. The monoisotopic (exact) mass is 311 g/mol. The van der Waals surface area contributed by atoms with Crippen molar-refractivity contribution in [2.45, 2.75) is 20.0 Å². The van der Waals surface area contributed by atoms with Crippen LogP contribution in [0.5, 0.6) is 0 Å². The van der Waals surface area contributed by atoms with E-state index in [1.165, 1.54) is 0 Å². The number of nitrogens with one attached hydrogen (secondary N) is 1. The first-order valence-electron chi connectivity index (χ1n) is 5.60. The second-order valence-corrected chi connectivity index (χ2v) is 4.66. The summed E-state index contributed by atoms with van der Waals surface area (Å²) in [5.41, 5.74) is 1.34. The number of carbonyl (C=O) groups is 1. The number of aryl methyl sites for hydroxylation is 2. The van der Waals surface area contributed by atoms with Crippen molar-refractivity contribution >= 4 is 21.8 Å². The summed E-state index contributed by atoms with van der Waals surface area (Å²) in [5.74, 6) is -0.199. The van der Waals surface area contributed by atoms with Gasteiger partial charge in [-0.3, -0.25) is 14.2 Å². The molecule has 0 aliphatic heterocycles. The van der Waals surface area contributed by atoms with Crippen LogP contribution in [0.25, 0.3) is 0 Å². The van der Waals surface area contributed by atoms with Crippen LogP contribution in [0.2, 0.25) is 0 Å². The molecule has 7 heteroatoms. The maximum absolute atomic E-state index is 12.0. The van der Waals surface area contributed by atoms with E-state index in [0.29, 0.717) is 16.7 Å². The Labute approximate surface area is 113 Å². The quantitative estimate of drug-likeness (QED) is 0.926. The molecule has 96 valence electrons. The van der Waals surface area contributed by atoms with Crippen molar-refractivity contribution in [3.63, 3.8) is 0 Å². The van der Waals surface area contributed by atoms with Gasteiger partial charge in [-0.2, -0.15) is 10.2 Å². The molecule has 0 saturated heterocycles. The minimum absolute atomic E-state index is 0.199. The topological polar surface area (TPSA) is 64.7 Å². The van der Waals surface area contributed by atoms with E-state index in [9.17, 15) is 4.79 Å². The van der Waals surface area contributed by atoms with Crippen LogP contribution in [0.4, 0.5) is 0 Å². The van der Waals surface area contributed by atoms with Crippen molar-refractivity contribution < 1.29 is 4.79 Å². The lowest BCUT2D eigenvalue weighted by molar-refractivity contribution is 0.0943. The molecule has 0 spiro atoms. The number of aromatic nitrogens is 4. The molecule has 6 nitrogen and oxygen atoms in total. The zero-order valence-electron chi connectivity index (χ0n) is 10.2. The van der Waals surface area contributed by atoms with Crippen LogP contribution in [0.3, 0.4) is 0 Å². The van der Waals surface area contributed by atoms with E-state index in [1.807, 2.05) is 20.0 Å². The van der Waals surface area contributed by atoms with Gasteiger partial charge in [0.05, 0.1) is 16.7 Å². The first kappa shape index (κ1) is 12.8.